The van der Waals surface area contributed by atoms with Gasteiger partial charge in [-0.1, -0.05) is 12.1 Å². The summed E-state index contributed by atoms with van der Waals surface area (Å²) >= 11 is 0. The van der Waals surface area contributed by atoms with Crippen LogP contribution in [0.2, 0.25) is 0 Å². The smallest absolute Gasteiger partial charge is 0.303 e. The van der Waals surface area contributed by atoms with Crippen LogP contribution in [-0.4, -0.2) is 37.6 Å². The summed E-state index contributed by atoms with van der Waals surface area (Å²) < 4.78 is 0. The van der Waals surface area contributed by atoms with E-state index in [1.54, 1.807) is 6.92 Å². The Bertz CT molecular complexity index is 351. The third-order valence-corrected chi connectivity index (χ3v) is 1.89. The highest BCUT2D eigenvalue weighted by atomic mass is 16.4. The number of nitrogens with zero attached hydrogens (tertiary/aromatic N) is 3. The van der Waals surface area contributed by atoms with Crippen molar-refractivity contribution in [1.29, 1.82) is 0 Å². The summed E-state index contributed by atoms with van der Waals surface area (Å²) in [5, 5.41) is 24.0. The molecule has 1 unspecified atom stereocenters. The molecule has 8 nitrogen and oxygen atoms in total. The summed E-state index contributed by atoms with van der Waals surface area (Å²) in [5.41, 5.74) is 0. The van der Waals surface area contributed by atoms with Gasteiger partial charge in [0.2, 0.25) is 5.91 Å². The number of carboxylic acids is 1. The number of hydrogen-bond donors (Lipinski definition) is 3. The predicted octanol–water partition coefficient (Wildman–Crippen LogP) is -0.683. The number of aromatic amines is 1. The number of carbonyl (C=O) groups excluding carboxylic acids is 1. The number of rotatable bonds is 6. The van der Waals surface area contributed by atoms with Crippen LogP contribution in [0.1, 0.15) is 25.6 Å². The fourth-order valence-electron chi connectivity index (χ4n) is 1.19. The first-order valence-corrected chi connectivity index (χ1v) is 4.78. The molecule has 0 spiro atoms. The van der Waals surface area contributed by atoms with Gasteiger partial charge in [-0.15, -0.1) is 10.2 Å². The van der Waals surface area contributed by atoms with E-state index in [-0.39, 0.29) is 31.2 Å². The van der Waals surface area contributed by atoms with Crippen molar-refractivity contribution in [2.45, 2.75) is 26.3 Å². The minimum atomic E-state index is -0.904. The number of nitrogens with one attached hydrogen (secondary N) is 2. The first-order valence-electron chi connectivity index (χ1n) is 4.78. The molecule has 0 aliphatic heterocycles. The van der Waals surface area contributed by atoms with Crippen molar-refractivity contribution < 1.29 is 14.7 Å². The zero-order chi connectivity index (χ0) is 12.0. The monoisotopic (exact) mass is 227 g/mol. The Kier molecular flexibility index (Phi) is 4.37. The number of carboxylic acid groups (broad SMARTS) is 1. The molecule has 1 amide bonds. The van der Waals surface area contributed by atoms with Gasteiger partial charge in [-0.05, 0) is 5.92 Å². The van der Waals surface area contributed by atoms with Gasteiger partial charge < -0.3 is 10.4 Å². The molecule has 0 aromatic carbocycles. The van der Waals surface area contributed by atoms with Gasteiger partial charge in [0.15, 0.2) is 5.82 Å². The van der Waals surface area contributed by atoms with Gasteiger partial charge in [0.25, 0.3) is 0 Å². The molecule has 16 heavy (non-hydrogen) atoms. The van der Waals surface area contributed by atoms with Crippen LogP contribution < -0.4 is 5.32 Å². The molecule has 8 heteroatoms. The second-order valence-electron chi connectivity index (χ2n) is 3.51. The molecule has 0 radical (unpaired) electrons. The fraction of sp³-hybridized carbons (Fsp3) is 0.625. The number of aliphatic carboxylic acids is 1. The molecule has 0 saturated heterocycles. The number of carbonyl (C=O) groups is 2. The van der Waals surface area contributed by atoms with E-state index < -0.39 is 5.97 Å². The van der Waals surface area contributed by atoms with Gasteiger partial charge in [-0.2, -0.15) is 5.21 Å². The Hall–Kier alpha value is -1.99. The zero-order valence-corrected chi connectivity index (χ0v) is 8.80. The van der Waals surface area contributed by atoms with Gasteiger partial charge in [0, 0.05) is 12.8 Å². The average Bonchev–Trinajstić information content (AvgIpc) is 2.65. The van der Waals surface area contributed by atoms with Crippen molar-refractivity contribution in [3.63, 3.8) is 0 Å². The lowest BCUT2D eigenvalue weighted by Crippen LogP contribution is -2.25. The lowest BCUT2D eigenvalue weighted by molar-refractivity contribution is -0.138. The molecular weight excluding hydrogens is 214 g/mol. The van der Waals surface area contributed by atoms with Gasteiger partial charge in [-0.3, -0.25) is 9.59 Å². The van der Waals surface area contributed by atoms with Crippen LogP contribution in [0.15, 0.2) is 0 Å². The van der Waals surface area contributed by atoms with Gasteiger partial charge in [0.05, 0.1) is 6.54 Å². The molecule has 3 N–H and O–H groups in total. The van der Waals surface area contributed by atoms with Gasteiger partial charge in [-0.25, -0.2) is 0 Å². The van der Waals surface area contributed by atoms with Gasteiger partial charge >= 0.3 is 5.97 Å². The normalized spacial score (nSPS) is 12.1. The molecule has 88 valence electrons. The molecule has 1 atom stereocenters. The van der Waals surface area contributed by atoms with E-state index >= 15 is 0 Å². The molecule has 1 heterocycles. The molecule has 0 fully saturated rings. The molecule has 0 bridgehead atoms. The first-order chi connectivity index (χ1) is 7.58. The van der Waals surface area contributed by atoms with E-state index in [4.69, 9.17) is 5.11 Å². The number of tetrazole rings is 1. The summed E-state index contributed by atoms with van der Waals surface area (Å²) in [6.45, 7) is 1.90. The molecule has 0 aliphatic carbocycles. The SMILES string of the molecule is CC(CC(=O)O)CC(=O)NCc1nn[nH]n1. The third-order valence-electron chi connectivity index (χ3n) is 1.89. The van der Waals surface area contributed by atoms with Crippen LogP contribution in [0.4, 0.5) is 0 Å². The lowest BCUT2D eigenvalue weighted by Gasteiger charge is -2.07. The maximum absolute atomic E-state index is 11.3. The van der Waals surface area contributed by atoms with Crippen LogP contribution in [0.3, 0.4) is 0 Å². The Morgan fingerprint density at radius 1 is 1.50 bits per heavy atom. The Morgan fingerprint density at radius 3 is 2.81 bits per heavy atom. The van der Waals surface area contributed by atoms with Crippen LogP contribution in [0.25, 0.3) is 0 Å². The fourth-order valence-corrected chi connectivity index (χ4v) is 1.19. The van der Waals surface area contributed by atoms with Crippen molar-refractivity contribution >= 4 is 11.9 Å². The summed E-state index contributed by atoms with van der Waals surface area (Å²) in [4.78, 5) is 21.7. The molecule has 1 rings (SSSR count). The van der Waals surface area contributed by atoms with Crippen molar-refractivity contribution in [3.8, 4) is 0 Å². The number of amides is 1. The van der Waals surface area contributed by atoms with Crippen LogP contribution in [0.5, 0.6) is 0 Å². The maximum atomic E-state index is 11.3. The van der Waals surface area contributed by atoms with Crippen LogP contribution in [0, 0.1) is 5.92 Å². The Balaban J connectivity index is 2.23. The van der Waals surface area contributed by atoms with E-state index in [9.17, 15) is 9.59 Å². The number of H-pyrrole nitrogens is 1. The first kappa shape index (κ1) is 12.1. The zero-order valence-electron chi connectivity index (χ0n) is 8.80. The highest BCUT2D eigenvalue weighted by Crippen LogP contribution is 2.06. The molecular formula is C8H13N5O3. The average molecular weight is 227 g/mol. The molecule has 1 aromatic heterocycles. The number of hydrogen-bond acceptors (Lipinski definition) is 5. The van der Waals surface area contributed by atoms with Crippen molar-refractivity contribution in [1.82, 2.24) is 25.9 Å². The summed E-state index contributed by atoms with van der Waals surface area (Å²) in [5.74, 6) is -0.931. The predicted molar refractivity (Wildman–Crippen MR) is 52.1 cm³/mol. The minimum absolute atomic E-state index is 0.0182. The van der Waals surface area contributed by atoms with E-state index in [1.165, 1.54) is 0 Å². The van der Waals surface area contributed by atoms with Gasteiger partial charge in [0.1, 0.15) is 0 Å². The Morgan fingerprint density at radius 2 is 2.25 bits per heavy atom. The Labute approximate surface area is 91.4 Å². The highest BCUT2D eigenvalue weighted by Gasteiger charge is 2.12. The second-order valence-corrected chi connectivity index (χ2v) is 3.51. The number of aromatic nitrogens is 4. The molecule has 0 aliphatic rings. The third kappa shape index (κ3) is 4.49. The summed E-state index contributed by atoms with van der Waals surface area (Å²) in [7, 11) is 0. The van der Waals surface area contributed by atoms with E-state index in [0.29, 0.717) is 5.82 Å². The maximum Gasteiger partial charge on any atom is 0.303 e. The van der Waals surface area contributed by atoms with E-state index in [0.717, 1.165) is 0 Å². The second kappa shape index (κ2) is 5.79. The topological polar surface area (TPSA) is 121 Å². The molecule has 1 aromatic rings. The summed E-state index contributed by atoms with van der Waals surface area (Å²) in [6.07, 6.45) is 0.153. The van der Waals surface area contributed by atoms with Crippen molar-refractivity contribution in [2.24, 2.45) is 5.92 Å². The molecule has 0 saturated carbocycles. The van der Waals surface area contributed by atoms with Crippen LogP contribution >= 0.6 is 0 Å². The van der Waals surface area contributed by atoms with E-state index in [1.807, 2.05) is 0 Å². The summed E-state index contributed by atoms with van der Waals surface area (Å²) in [6, 6.07) is 0. The quantitative estimate of drug-likeness (QED) is 0.591. The highest BCUT2D eigenvalue weighted by molar-refractivity contribution is 5.77. The minimum Gasteiger partial charge on any atom is -0.481 e. The van der Waals surface area contributed by atoms with Crippen LogP contribution in [-0.2, 0) is 16.1 Å². The van der Waals surface area contributed by atoms with Crippen molar-refractivity contribution in [2.75, 3.05) is 0 Å². The largest absolute Gasteiger partial charge is 0.481 e. The van der Waals surface area contributed by atoms with E-state index in [2.05, 4.69) is 25.9 Å². The lowest BCUT2D eigenvalue weighted by atomic mass is 10.0. The standard InChI is InChI=1S/C8H13N5O3/c1-5(3-8(15)16)2-7(14)9-4-6-10-12-13-11-6/h5H,2-4H2,1H3,(H,9,14)(H,15,16)(H,10,11,12,13). The van der Waals surface area contributed by atoms with Crippen molar-refractivity contribution in [3.05, 3.63) is 5.82 Å².